The molecule has 1 amide bonds. The van der Waals surface area contributed by atoms with Gasteiger partial charge in [0.2, 0.25) is 0 Å². The molecule has 0 aliphatic rings. The first-order valence-corrected chi connectivity index (χ1v) is 7.09. The van der Waals surface area contributed by atoms with Crippen LogP contribution in [0.1, 0.15) is 29.8 Å². The van der Waals surface area contributed by atoms with Gasteiger partial charge in [0.15, 0.2) is 11.9 Å². The lowest BCUT2D eigenvalue weighted by Gasteiger charge is -2.16. The molecule has 23 heavy (non-hydrogen) atoms. The number of amides is 1. The van der Waals surface area contributed by atoms with E-state index in [4.69, 9.17) is 10.00 Å². The van der Waals surface area contributed by atoms with Gasteiger partial charge in [0.1, 0.15) is 5.75 Å². The average Bonchev–Trinajstić information content (AvgIpc) is 2.55. The van der Waals surface area contributed by atoms with Crippen molar-refractivity contribution < 1.29 is 14.3 Å². The van der Waals surface area contributed by atoms with Crippen LogP contribution in [0.3, 0.4) is 0 Å². The number of ketones is 1. The Morgan fingerprint density at radius 3 is 2.61 bits per heavy atom. The maximum atomic E-state index is 12.2. The minimum absolute atomic E-state index is 0.129. The van der Waals surface area contributed by atoms with Crippen LogP contribution >= 0.6 is 0 Å². The maximum Gasteiger partial charge on any atom is 0.265 e. The van der Waals surface area contributed by atoms with E-state index in [1.54, 1.807) is 55.5 Å². The van der Waals surface area contributed by atoms with Crippen molar-refractivity contribution >= 4 is 17.4 Å². The fourth-order valence-corrected chi connectivity index (χ4v) is 2.03. The Morgan fingerprint density at radius 2 is 1.91 bits per heavy atom. The Labute approximate surface area is 134 Å². The van der Waals surface area contributed by atoms with Crippen molar-refractivity contribution in [3.05, 3.63) is 59.7 Å². The highest BCUT2D eigenvalue weighted by Crippen LogP contribution is 2.18. The number of ether oxygens (including phenoxy) is 1. The second-order valence-corrected chi connectivity index (χ2v) is 4.99. The molecule has 1 N–H and O–H groups in total. The number of carbonyl (C=O) groups excluding carboxylic acids is 2. The smallest absolute Gasteiger partial charge is 0.265 e. The molecule has 0 heterocycles. The van der Waals surface area contributed by atoms with Gasteiger partial charge < -0.3 is 10.1 Å². The van der Waals surface area contributed by atoms with Crippen molar-refractivity contribution in [3.63, 3.8) is 0 Å². The lowest BCUT2D eigenvalue weighted by molar-refractivity contribution is -0.122. The van der Waals surface area contributed by atoms with E-state index in [9.17, 15) is 9.59 Å². The molecule has 0 saturated carbocycles. The largest absolute Gasteiger partial charge is 0.481 e. The molecule has 5 heteroatoms. The Balaban J connectivity index is 2.09. The summed E-state index contributed by atoms with van der Waals surface area (Å²) < 4.78 is 5.54. The lowest BCUT2D eigenvalue weighted by atomic mass is 10.1. The summed E-state index contributed by atoms with van der Waals surface area (Å²) in [7, 11) is 0. The molecule has 0 aliphatic heterocycles. The van der Waals surface area contributed by atoms with Crippen molar-refractivity contribution in [2.75, 3.05) is 5.32 Å². The van der Waals surface area contributed by atoms with Crippen LogP contribution in [0.2, 0.25) is 0 Å². The van der Waals surface area contributed by atoms with Crippen molar-refractivity contribution in [1.82, 2.24) is 0 Å². The zero-order valence-electron chi connectivity index (χ0n) is 12.9. The summed E-state index contributed by atoms with van der Waals surface area (Å²) in [4.78, 5) is 23.8. The number of rotatable bonds is 5. The standard InChI is InChI=1S/C18H16N2O3/c1-12(21)16-8-3-4-9-17(16)20-18(22)13(2)23-15-7-5-6-14(10-15)11-19/h3-10,13H,1-2H3,(H,20,22)/t13-/m1/s1. The van der Waals surface area contributed by atoms with Gasteiger partial charge in [-0.2, -0.15) is 5.26 Å². The van der Waals surface area contributed by atoms with Crippen LogP contribution in [0.5, 0.6) is 5.75 Å². The Hall–Kier alpha value is -3.13. The predicted octanol–water partition coefficient (Wildman–Crippen LogP) is 3.17. The molecule has 0 spiro atoms. The second kappa shape index (κ2) is 7.23. The van der Waals surface area contributed by atoms with E-state index >= 15 is 0 Å². The van der Waals surface area contributed by atoms with Crippen LogP contribution in [-0.4, -0.2) is 17.8 Å². The molecule has 1 atom stereocenters. The molecular weight excluding hydrogens is 292 g/mol. The van der Waals surface area contributed by atoms with Crippen LogP contribution in [-0.2, 0) is 4.79 Å². The minimum atomic E-state index is -0.774. The van der Waals surface area contributed by atoms with E-state index < -0.39 is 6.10 Å². The van der Waals surface area contributed by atoms with E-state index in [0.29, 0.717) is 22.6 Å². The highest BCUT2D eigenvalue weighted by atomic mass is 16.5. The number of benzene rings is 2. The van der Waals surface area contributed by atoms with Crippen LogP contribution in [0.15, 0.2) is 48.5 Å². The van der Waals surface area contributed by atoms with Gasteiger partial charge in [0.25, 0.3) is 5.91 Å². The molecule has 2 rings (SSSR count). The normalized spacial score (nSPS) is 11.2. The Morgan fingerprint density at radius 1 is 1.17 bits per heavy atom. The Bertz CT molecular complexity index is 778. The first kappa shape index (κ1) is 16.2. The van der Waals surface area contributed by atoms with E-state index in [0.717, 1.165) is 0 Å². The summed E-state index contributed by atoms with van der Waals surface area (Å²) in [6.07, 6.45) is -0.774. The zero-order chi connectivity index (χ0) is 16.8. The number of hydrogen-bond donors (Lipinski definition) is 1. The summed E-state index contributed by atoms with van der Waals surface area (Å²) in [5, 5.41) is 11.6. The van der Waals surface area contributed by atoms with Crippen LogP contribution in [0, 0.1) is 11.3 Å². The number of carbonyl (C=O) groups is 2. The summed E-state index contributed by atoms with van der Waals surface area (Å²) in [5.74, 6) is -0.0659. The van der Waals surface area contributed by atoms with Gasteiger partial charge >= 0.3 is 0 Å². The molecule has 2 aromatic rings. The molecule has 0 aromatic heterocycles. The first-order chi connectivity index (χ1) is 11.0. The highest BCUT2D eigenvalue weighted by molar-refractivity contribution is 6.04. The summed E-state index contributed by atoms with van der Waals surface area (Å²) in [6.45, 7) is 3.04. The molecule has 0 radical (unpaired) electrons. The summed E-state index contributed by atoms with van der Waals surface area (Å²) in [6, 6.07) is 15.4. The van der Waals surface area contributed by atoms with Gasteiger partial charge in [-0.1, -0.05) is 18.2 Å². The summed E-state index contributed by atoms with van der Waals surface area (Å²) >= 11 is 0. The molecule has 116 valence electrons. The van der Waals surface area contributed by atoms with E-state index in [1.807, 2.05) is 6.07 Å². The van der Waals surface area contributed by atoms with Gasteiger partial charge in [-0.3, -0.25) is 9.59 Å². The zero-order valence-corrected chi connectivity index (χ0v) is 12.9. The monoisotopic (exact) mass is 308 g/mol. The second-order valence-electron chi connectivity index (χ2n) is 4.99. The quantitative estimate of drug-likeness (QED) is 0.860. The van der Waals surface area contributed by atoms with Crippen molar-refractivity contribution in [1.29, 1.82) is 5.26 Å². The average molecular weight is 308 g/mol. The Kier molecular flexibility index (Phi) is 5.11. The van der Waals surface area contributed by atoms with Crippen LogP contribution < -0.4 is 10.1 Å². The number of nitrogens with zero attached hydrogens (tertiary/aromatic N) is 1. The number of Topliss-reactive ketones (excluding diaryl/α,β-unsaturated/α-hetero) is 1. The van der Waals surface area contributed by atoms with Crippen molar-refractivity contribution in [2.24, 2.45) is 0 Å². The molecule has 0 fully saturated rings. The van der Waals surface area contributed by atoms with Gasteiger partial charge in [-0.15, -0.1) is 0 Å². The lowest BCUT2D eigenvalue weighted by Crippen LogP contribution is -2.30. The maximum absolute atomic E-state index is 12.2. The predicted molar refractivity (Wildman–Crippen MR) is 86.3 cm³/mol. The molecular formula is C18H16N2O3. The molecule has 2 aromatic carbocycles. The summed E-state index contributed by atoms with van der Waals surface area (Å²) in [5.41, 5.74) is 1.35. The number of nitriles is 1. The third kappa shape index (κ3) is 4.17. The van der Waals surface area contributed by atoms with Crippen molar-refractivity contribution in [2.45, 2.75) is 20.0 Å². The molecule has 0 aliphatic carbocycles. The molecule has 0 saturated heterocycles. The number of anilines is 1. The van der Waals surface area contributed by atoms with Crippen LogP contribution in [0.4, 0.5) is 5.69 Å². The van der Waals surface area contributed by atoms with E-state index in [1.165, 1.54) is 6.92 Å². The molecule has 5 nitrogen and oxygen atoms in total. The van der Waals surface area contributed by atoms with Gasteiger partial charge in [0.05, 0.1) is 17.3 Å². The molecule has 0 unspecified atom stereocenters. The highest BCUT2D eigenvalue weighted by Gasteiger charge is 2.17. The number of hydrogen-bond acceptors (Lipinski definition) is 4. The third-order valence-corrected chi connectivity index (χ3v) is 3.21. The van der Waals surface area contributed by atoms with Gasteiger partial charge in [-0.05, 0) is 44.2 Å². The van der Waals surface area contributed by atoms with Gasteiger partial charge in [-0.25, -0.2) is 0 Å². The van der Waals surface area contributed by atoms with E-state index in [-0.39, 0.29) is 11.7 Å². The van der Waals surface area contributed by atoms with Crippen molar-refractivity contribution in [3.8, 4) is 11.8 Å². The SMILES string of the molecule is CC(=O)c1ccccc1NC(=O)[C@@H](C)Oc1cccc(C#N)c1. The fourth-order valence-electron chi connectivity index (χ4n) is 2.03. The minimum Gasteiger partial charge on any atom is -0.481 e. The molecule has 0 bridgehead atoms. The topological polar surface area (TPSA) is 79.2 Å². The fraction of sp³-hybridized carbons (Fsp3) is 0.167. The number of para-hydroxylation sites is 1. The third-order valence-electron chi connectivity index (χ3n) is 3.21. The van der Waals surface area contributed by atoms with Gasteiger partial charge in [0, 0.05) is 5.56 Å². The van der Waals surface area contributed by atoms with Crippen LogP contribution in [0.25, 0.3) is 0 Å². The first-order valence-electron chi connectivity index (χ1n) is 7.09. The number of nitrogens with one attached hydrogen (secondary N) is 1. The van der Waals surface area contributed by atoms with E-state index in [2.05, 4.69) is 5.32 Å².